The van der Waals surface area contributed by atoms with Crippen LogP contribution in [-0.4, -0.2) is 19.7 Å². The Balaban J connectivity index is 1.49. The molecule has 0 bridgehead atoms. The molecule has 6 rings (SSSR count). The molecule has 180 valence electrons. The van der Waals surface area contributed by atoms with Crippen molar-refractivity contribution < 1.29 is 4.39 Å². The molecule has 6 aromatic rings. The van der Waals surface area contributed by atoms with E-state index in [0.717, 1.165) is 33.2 Å². The summed E-state index contributed by atoms with van der Waals surface area (Å²) < 4.78 is 15.1. The molecule has 0 spiro atoms. The number of thiophene rings is 1. The first-order valence-corrected chi connectivity index (χ1v) is 13.2. The van der Waals surface area contributed by atoms with E-state index in [-0.39, 0.29) is 17.9 Å². The second-order valence-corrected chi connectivity index (χ2v) is 10.1. The van der Waals surface area contributed by atoms with Gasteiger partial charge in [-0.2, -0.15) is 0 Å². The average molecular weight is 523 g/mol. The lowest BCUT2D eigenvalue weighted by atomic mass is 10.1. The number of fused-ring (bicyclic) bond motifs is 2. The maximum absolute atomic E-state index is 13.7. The van der Waals surface area contributed by atoms with E-state index >= 15 is 0 Å². The van der Waals surface area contributed by atoms with E-state index in [2.05, 4.69) is 16.8 Å². The molecular weight excluding hydrogens is 503 g/mol. The van der Waals surface area contributed by atoms with Crippen molar-refractivity contribution in [2.24, 2.45) is 0 Å². The molecule has 37 heavy (non-hydrogen) atoms. The highest BCUT2D eigenvalue weighted by Crippen LogP contribution is 2.36. The third kappa shape index (κ3) is 4.24. The lowest BCUT2D eigenvalue weighted by molar-refractivity contribution is 0.628. The van der Waals surface area contributed by atoms with Crippen LogP contribution in [0.15, 0.2) is 112 Å². The van der Waals surface area contributed by atoms with Gasteiger partial charge in [-0.3, -0.25) is 9.36 Å². The molecule has 0 N–H and O–H groups in total. The molecule has 0 aliphatic heterocycles. The number of hydrogen-bond acceptors (Lipinski definition) is 6. The molecule has 0 saturated carbocycles. The fourth-order valence-corrected chi connectivity index (χ4v) is 6.21. The highest BCUT2D eigenvalue weighted by molar-refractivity contribution is 7.99. The predicted molar refractivity (Wildman–Crippen MR) is 149 cm³/mol. The second-order valence-electron chi connectivity index (χ2n) is 8.30. The highest BCUT2D eigenvalue weighted by atomic mass is 32.2. The SMILES string of the molecule is C=CCn1c(Sc2nnc(-c3ccccc3)c3ccccc23)nc2scc(-c3ccc(F)cc3)c2c1=O. The van der Waals surface area contributed by atoms with Gasteiger partial charge in [0.15, 0.2) is 5.16 Å². The zero-order valence-electron chi connectivity index (χ0n) is 19.5. The predicted octanol–water partition coefficient (Wildman–Crippen LogP) is 7.21. The van der Waals surface area contributed by atoms with Gasteiger partial charge in [-0.1, -0.05) is 72.8 Å². The van der Waals surface area contributed by atoms with Crippen molar-refractivity contribution in [3.8, 4) is 22.4 Å². The quantitative estimate of drug-likeness (QED) is 0.171. The van der Waals surface area contributed by atoms with Gasteiger partial charge in [-0.25, -0.2) is 9.37 Å². The fraction of sp³-hybridized carbons (Fsp3) is 0.0345. The van der Waals surface area contributed by atoms with Crippen molar-refractivity contribution in [3.05, 3.63) is 113 Å². The minimum Gasteiger partial charge on any atom is -0.283 e. The zero-order chi connectivity index (χ0) is 25.4. The van der Waals surface area contributed by atoms with Crippen LogP contribution in [0.25, 0.3) is 43.4 Å². The van der Waals surface area contributed by atoms with Crippen LogP contribution in [0.1, 0.15) is 0 Å². The summed E-state index contributed by atoms with van der Waals surface area (Å²) in [6, 6.07) is 24.0. The zero-order valence-corrected chi connectivity index (χ0v) is 21.1. The van der Waals surface area contributed by atoms with Crippen LogP contribution in [-0.2, 0) is 6.54 Å². The third-order valence-corrected chi connectivity index (χ3v) is 7.88. The maximum Gasteiger partial charge on any atom is 0.263 e. The van der Waals surface area contributed by atoms with Gasteiger partial charge < -0.3 is 0 Å². The number of allylic oxidation sites excluding steroid dienone is 1. The smallest absolute Gasteiger partial charge is 0.263 e. The van der Waals surface area contributed by atoms with Gasteiger partial charge in [0.05, 0.1) is 5.39 Å². The van der Waals surface area contributed by atoms with Gasteiger partial charge in [0.2, 0.25) is 0 Å². The Morgan fingerprint density at radius 2 is 1.65 bits per heavy atom. The summed E-state index contributed by atoms with van der Waals surface area (Å²) in [6.45, 7) is 4.12. The van der Waals surface area contributed by atoms with Crippen molar-refractivity contribution in [3.63, 3.8) is 0 Å². The Morgan fingerprint density at radius 3 is 2.41 bits per heavy atom. The Bertz CT molecular complexity index is 1830. The Hall–Kier alpha value is -4.14. The maximum atomic E-state index is 13.7. The summed E-state index contributed by atoms with van der Waals surface area (Å²) in [6.07, 6.45) is 1.67. The Morgan fingerprint density at radius 1 is 0.919 bits per heavy atom. The molecule has 0 unspecified atom stereocenters. The average Bonchev–Trinajstić information content (AvgIpc) is 3.36. The van der Waals surface area contributed by atoms with Crippen molar-refractivity contribution in [2.75, 3.05) is 0 Å². The molecule has 0 radical (unpaired) electrons. The second kappa shape index (κ2) is 9.72. The van der Waals surface area contributed by atoms with Gasteiger partial charge in [0, 0.05) is 33.8 Å². The molecule has 0 fully saturated rings. The summed E-state index contributed by atoms with van der Waals surface area (Å²) in [5, 5.41) is 14.6. The van der Waals surface area contributed by atoms with Crippen LogP contribution in [0.5, 0.6) is 0 Å². The van der Waals surface area contributed by atoms with Crippen LogP contribution in [0.2, 0.25) is 0 Å². The molecule has 0 atom stereocenters. The van der Waals surface area contributed by atoms with Crippen molar-refractivity contribution >= 4 is 44.1 Å². The summed E-state index contributed by atoms with van der Waals surface area (Å²) in [4.78, 5) is 19.2. The van der Waals surface area contributed by atoms with E-state index in [1.165, 1.54) is 35.2 Å². The molecule has 3 aromatic heterocycles. The lowest BCUT2D eigenvalue weighted by Gasteiger charge is -2.12. The molecule has 0 amide bonds. The van der Waals surface area contributed by atoms with Crippen molar-refractivity contribution in [1.29, 1.82) is 0 Å². The molecule has 8 heteroatoms. The topological polar surface area (TPSA) is 60.7 Å². The fourth-order valence-electron chi connectivity index (χ4n) is 4.27. The van der Waals surface area contributed by atoms with Gasteiger partial charge in [-0.05, 0) is 29.5 Å². The van der Waals surface area contributed by atoms with Gasteiger partial charge in [-0.15, -0.1) is 28.1 Å². The lowest BCUT2D eigenvalue weighted by Crippen LogP contribution is -2.22. The molecule has 3 heterocycles. The summed E-state index contributed by atoms with van der Waals surface area (Å²) >= 11 is 2.70. The van der Waals surface area contributed by atoms with Crippen LogP contribution in [0, 0.1) is 5.82 Å². The molecule has 0 aliphatic carbocycles. The minimum absolute atomic E-state index is 0.175. The monoisotopic (exact) mass is 522 g/mol. The van der Waals surface area contributed by atoms with Gasteiger partial charge in [0.1, 0.15) is 21.4 Å². The third-order valence-electron chi connectivity index (χ3n) is 6.01. The Labute approximate surface area is 220 Å². The normalized spacial score (nSPS) is 11.3. The van der Waals surface area contributed by atoms with Crippen LogP contribution in [0.3, 0.4) is 0 Å². The van der Waals surface area contributed by atoms with E-state index in [1.54, 1.807) is 22.8 Å². The van der Waals surface area contributed by atoms with Crippen LogP contribution >= 0.6 is 23.1 Å². The van der Waals surface area contributed by atoms with Gasteiger partial charge in [0.25, 0.3) is 5.56 Å². The van der Waals surface area contributed by atoms with Gasteiger partial charge >= 0.3 is 0 Å². The molecule has 0 aliphatic rings. The van der Waals surface area contributed by atoms with Crippen LogP contribution < -0.4 is 5.56 Å². The first-order valence-electron chi connectivity index (χ1n) is 11.5. The molecular formula is C29H19FN4OS2. The minimum atomic E-state index is -0.323. The Kier molecular flexibility index (Phi) is 6.12. The number of benzene rings is 3. The van der Waals surface area contributed by atoms with E-state index in [9.17, 15) is 9.18 Å². The number of hydrogen-bond donors (Lipinski definition) is 0. The van der Waals surface area contributed by atoms with Crippen molar-refractivity contribution in [2.45, 2.75) is 16.7 Å². The number of aromatic nitrogens is 4. The summed E-state index contributed by atoms with van der Waals surface area (Å²) in [7, 11) is 0. The summed E-state index contributed by atoms with van der Waals surface area (Å²) in [5.41, 5.74) is 3.12. The number of nitrogens with zero attached hydrogens (tertiary/aromatic N) is 4. The van der Waals surface area contributed by atoms with E-state index in [1.807, 2.05) is 60.0 Å². The van der Waals surface area contributed by atoms with E-state index in [0.29, 0.717) is 20.4 Å². The van der Waals surface area contributed by atoms with Crippen molar-refractivity contribution in [1.82, 2.24) is 19.7 Å². The first-order chi connectivity index (χ1) is 18.1. The van der Waals surface area contributed by atoms with Crippen LogP contribution in [0.4, 0.5) is 4.39 Å². The molecule has 5 nitrogen and oxygen atoms in total. The molecule has 0 saturated heterocycles. The number of halogens is 1. The van der Waals surface area contributed by atoms with E-state index in [4.69, 9.17) is 4.98 Å². The highest BCUT2D eigenvalue weighted by Gasteiger charge is 2.19. The molecule has 3 aromatic carbocycles. The standard InChI is InChI=1S/C29H19FN4OS2/c1-2-16-34-28(35)24-23(18-12-14-20(30)15-13-18)17-36-27(24)31-29(34)37-26-22-11-7-6-10-21(22)25(32-33-26)19-8-4-3-5-9-19/h2-15,17H,1,16H2. The largest absolute Gasteiger partial charge is 0.283 e. The van der Waals surface area contributed by atoms with E-state index < -0.39 is 0 Å². The summed E-state index contributed by atoms with van der Waals surface area (Å²) in [5.74, 6) is -0.323. The first kappa shape index (κ1) is 23.3. The number of rotatable bonds is 6.